The van der Waals surface area contributed by atoms with E-state index in [1.165, 1.54) is 0 Å². The topological polar surface area (TPSA) is 152 Å². The zero-order valence-corrected chi connectivity index (χ0v) is 29.4. The maximum atomic E-state index is 14.2. The second-order valence-electron chi connectivity index (χ2n) is 13.0. The predicted molar refractivity (Wildman–Crippen MR) is 186 cm³/mol. The van der Waals surface area contributed by atoms with Crippen molar-refractivity contribution in [3.8, 4) is 0 Å². The average Bonchev–Trinajstić information content (AvgIpc) is 3.54. The van der Waals surface area contributed by atoms with Crippen molar-refractivity contribution in [1.29, 1.82) is 5.41 Å². The van der Waals surface area contributed by atoms with E-state index in [1.54, 1.807) is 39.8 Å². The quantitative estimate of drug-likeness (QED) is 0.0608. The second kappa shape index (κ2) is 17.4. The monoisotopic (exact) mass is 684 g/mol. The fourth-order valence-corrected chi connectivity index (χ4v) is 6.13. The minimum atomic E-state index is -1.25. The summed E-state index contributed by atoms with van der Waals surface area (Å²) in [7, 11) is 0. The van der Waals surface area contributed by atoms with Gasteiger partial charge in [-0.15, -0.1) is 0 Å². The highest BCUT2D eigenvalue weighted by Gasteiger charge is 2.45. The Bertz CT molecular complexity index is 1380. The maximum absolute atomic E-state index is 14.2. The molecule has 4 amide bonds. The van der Waals surface area contributed by atoms with Crippen molar-refractivity contribution in [2.45, 2.75) is 109 Å². The molecule has 1 unspecified atom stereocenters. The van der Waals surface area contributed by atoms with E-state index < -0.39 is 41.1 Å². The molecule has 0 radical (unpaired) electrons. The van der Waals surface area contributed by atoms with Crippen LogP contribution in [-0.2, 0) is 19.2 Å². The van der Waals surface area contributed by atoms with Gasteiger partial charge in [-0.05, 0) is 68.7 Å². The smallest absolute Gasteiger partial charge is 0.275 e. The molecular formula is C36H50ClFN6O4. The molecule has 12 heteroatoms. The van der Waals surface area contributed by atoms with Crippen LogP contribution in [0.5, 0.6) is 0 Å². The molecule has 1 fully saturated rings. The van der Waals surface area contributed by atoms with Crippen LogP contribution in [0, 0.1) is 18.3 Å². The Morgan fingerprint density at radius 2 is 1.48 bits per heavy atom. The van der Waals surface area contributed by atoms with Gasteiger partial charge in [0.05, 0.1) is 6.04 Å². The van der Waals surface area contributed by atoms with Crippen LogP contribution in [0.15, 0.2) is 48.5 Å². The van der Waals surface area contributed by atoms with Gasteiger partial charge < -0.3 is 26.6 Å². The van der Waals surface area contributed by atoms with Crippen molar-refractivity contribution in [1.82, 2.24) is 26.6 Å². The normalized spacial score (nSPS) is 15.2. The summed E-state index contributed by atoms with van der Waals surface area (Å²) < 4.78 is 13.1. The molecule has 0 heterocycles. The molecule has 1 saturated carbocycles. The lowest BCUT2D eigenvalue weighted by Crippen LogP contribution is -2.64. The predicted octanol–water partition coefficient (Wildman–Crippen LogP) is 5.37. The average molecular weight is 685 g/mol. The first-order valence-electron chi connectivity index (χ1n) is 16.8. The van der Waals surface area contributed by atoms with Crippen molar-refractivity contribution in [2.24, 2.45) is 5.92 Å². The molecule has 0 aliphatic heterocycles. The fraction of sp³-hybridized carbons (Fsp3) is 0.528. The summed E-state index contributed by atoms with van der Waals surface area (Å²) in [5.41, 5.74) is 0.288. The minimum Gasteiger partial charge on any atom is -0.347 e. The van der Waals surface area contributed by atoms with Crippen LogP contribution >= 0.6 is 11.6 Å². The Hall–Kier alpha value is -3.99. The van der Waals surface area contributed by atoms with E-state index in [4.69, 9.17) is 17.0 Å². The molecule has 0 spiro atoms. The Morgan fingerprint density at radius 1 is 0.917 bits per heavy atom. The Labute approximate surface area is 288 Å². The molecule has 0 aromatic heterocycles. The number of amides is 4. The lowest BCUT2D eigenvalue weighted by molar-refractivity contribution is -0.139. The summed E-state index contributed by atoms with van der Waals surface area (Å²) >= 11 is 6.17. The number of amidine groups is 1. The van der Waals surface area contributed by atoms with Crippen molar-refractivity contribution in [3.05, 3.63) is 70.2 Å². The van der Waals surface area contributed by atoms with Crippen molar-refractivity contribution >= 4 is 41.3 Å². The number of halogens is 2. The van der Waals surface area contributed by atoms with Crippen molar-refractivity contribution in [3.63, 3.8) is 0 Å². The van der Waals surface area contributed by atoms with E-state index in [1.807, 2.05) is 43.3 Å². The number of carbonyl (C=O) groups excluding carboxylic acids is 4. The standard InChI is InChI=1S/C36H50ClFN6O4/c1-6-35(7-2,43-30(45)23(3)4)32(47)41-28(11-10-22-40-34(38)39)31(46)44-36(20-8-9-21-36)33(48)42-29(25-14-12-24(5)13-15-25)26-16-18-27(37)19-17-26/h12-19,23,28-29H,6-11,20-22H2,1-5H3,(H2,39,40)(H,41,47)(H,42,48)(H,43,45)(H,44,46)/t28-,29?/m0/s1. The first-order chi connectivity index (χ1) is 22.8. The van der Waals surface area contributed by atoms with Gasteiger partial charge in [-0.3, -0.25) is 24.6 Å². The Balaban J connectivity index is 1.90. The van der Waals surface area contributed by atoms with Crippen molar-refractivity contribution in [2.75, 3.05) is 6.54 Å². The molecule has 0 bridgehead atoms. The number of hydrogen-bond acceptors (Lipinski definition) is 5. The van der Waals surface area contributed by atoms with E-state index in [2.05, 4.69) is 26.6 Å². The van der Waals surface area contributed by atoms with Gasteiger partial charge in [0.2, 0.25) is 23.6 Å². The zero-order valence-electron chi connectivity index (χ0n) is 28.6. The van der Waals surface area contributed by atoms with Gasteiger partial charge in [-0.1, -0.05) is 94.1 Å². The number of aryl methyl sites for hydroxylation is 1. The maximum Gasteiger partial charge on any atom is 0.275 e. The minimum absolute atomic E-state index is 0.0662. The van der Waals surface area contributed by atoms with Gasteiger partial charge in [0.1, 0.15) is 17.1 Å². The molecule has 1 aliphatic rings. The molecule has 2 aromatic carbocycles. The van der Waals surface area contributed by atoms with Crippen LogP contribution in [0.1, 0.15) is 102 Å². The van der Waals surface area contributed by atoms with Gasteiger partial charge in [0, 0.05) is 17.5 Å². The molecular weight excluding hydrogens is 635 g/mol. The van der Waals surface area contributed by atoms with E-state index in [0.29, 0.717) is 30.7 Å². The van der Waals surface area contributed by atoms with Crippen LogP contribution in [0.25, 0.3) is 0 Å². The van der Waals surface area contributed by atoms with E-state index in [-0.39, 0.29) is 37.1 Å². The zero-order chi connectivity index (χ0) is 35.5. The summed E-state index contributed by atoms with van der Waals surface area (Å²) in [4.78, 5) is 54.8. The number of nitrogens with one attached hydrogen (secondary N) is 6. The highest BCUT2D eigenvalue weighted by atomic mass is 35.5. The van der Waals surface area contributed by atoms with Crippen LogP contribution < -0.4 is 26.6 Å². The molecule has 0 saturated heterocycles. The van der Waals surface area contributed by atoms with Crippen LogP contribution in [0.2, 0.25) is 5.02 Å². The molecule has 2 aromatic rings. The van der Waals surface area contributed by atoms with Gasteiger partial charge in [-0.2, -0.15) is 4.39 Å². The lowest BCUT2D eigenvalue weighted by atomic mass is 9.89. The largest absolute Gasteiger partial charge is 0.347 e. The van der Waals surface area contributed by atoms with Crippen LogP contribution in [0.4, 0.5) is 4.39 Å². The molecule has 3 rings (SSSR count). The Kier molecular flexibility index (Phi) is 14.0. The molecule has 262 valence electrons. The van der Waals surface area contributed by atoms with Gasteiger partial charge >= 0.3 is 0 Å². The van der Waals surface area contributed by atoms with E-state index in [9.17, 15) is 23.6 Å². The third-order valence-electron chi connectivity index (χ3n) is 9.24. The second-order valence-corrected chi connectivity index (χ2v) is 13.4. The summed E-state index contributed by atoms with van der Waals surface area (Å²) in [5, 5.41) is 21.8. The number of hydrogen-bond donors (Lipinski definition) is 6. The van der Waals surface area contributed by atoms with Gasteiger partial charge in [0.25, 0.3) is 6.09 Å². The highest BCUT2D eigenvalue weighted by Crippen LogP contribution is 2.33. The first kappa shape index (κ1) is 38.5. The van der Waals surface area contributed by atoms with Gasteiger partial charge in [-0.25, -0.2) is 0 Å². The third kappa shape index (κ3) is 10.0. The number of carbonyl (C=O) groups is 4. The first-order valence-corrected chi connectivity index (χ1v) is 17.2. The van der Waals surface area contributed by atoms with Crippen molar-refractivity contribution < 1.29 is 23.6 Å². The van der Waals surface area contributed by atoms with Crippen LogP contribution in [0.3, 0.4) is 0 Å². The molecule has 10 nitrogen and oxygen atoms in total. The van der Waals surface area contributed by atoms with Gasteiger partial charge in [0.15, 0.2) is 0 Å². The summed E-state index contributed by atoms with van der Waals surface area (Å²) in [6, 6.07) is 13.5. The Morgan fingerprint density at radius 3 is 2.00 bits per heavy atom. The highest BCUT2D eigenvalue weighted by molar-refractivity contribution is 6.30. The SMILES string of the molecule is CCC(CC)(NC(=O)C(C)C)C(=O)N[C@@H](CCCNC(=N)F)C(=O)NC1(C(=O)NC(c2ccc(C)cc2)c2ccc(Cl)cc2)CCCC1. The summed E-state index contributed by atoms with van der Waals surface area (Å²) in [6.45, 7) is 9.10. The van der Waals surface area contributed by atoms with E-state index in [0.717, 1.165) is 29.5 Å². The fourth-order valence-electron chi connectivity index (χ4n) is 6.01. The molecule has 48 heavy (non-hydrogen) atoms. The summed E-state index contributed by atoms with van der Waals surface area (Å²) in [5.74, 6) is -2.04. The lowest BCUT2D eigenvalue weighted by Gasteiger charge is -2.36. The third-order valence-corrected chi connectivity index (χ3v) is 9.50. The van der Waals surface area contributed by atoms with Crippen LogP contribution in [-0.4, -0.2) is 53.4 Å². The molecule has 2 atom stereocenters. The molecule has 6 N–H and O–H groups in total. The number of benzene rings is 2. The summed E-state index contributed by atoms with van der Waals surface area (Å²) in [6.07, 6.45) is 2.00. The van der Waals surface area contributed by atoms with E-state index >= 15 is 0 Å². The number of rotatable bonds is 16. The molecule has 1 aliphatic carbocycles.